The van der Waals surface area contributed by atoms with Crippen molar-refractivity contribution in [3.63, 3.8) is 0 Å². The Kier molecular flexibility index (Phi) is 5.45. The van der Waals surface area contributed by atoms with Crippen molar-refractivity contribution in [1.29, 1.82) is 0 Å². The lowest BCUT2D eigenvalue weighted by Crippen LogP contribution is -2.48. The summed E-state index contributed by atoms with van der Waals surface area (Å²) in [5.74, 6) is 0.254. The molecule has 134 valence electrons. The van der Waals surface area contributed by atoms with Crippen molar-refractivity contribution < 1.29 is 18.8 Å². The summed E-state index contributed by atoms with van der Waals surface area (Å²) < 4.78 is 18.3. The van der Waals surface area contributed by atoms with E-state index in [9.17, 15) is 14.3 Å². The summed E-state index contributed by atoms with van der Waals surface area (Å²) in [4.78, 5) is 16.3. The van der Waals surface area contributed by atoms with Crippen molar-refractivity contribution in [1.82, 2.24) is 15.0 Å². The van der Waals surface area contributed by atoms with E-state index >= 15 is 0 Å². The smallest absolute Gasteiger partial charge is 0.225 e. The van der Waals surface area contributed by atoms with Crippen LogP contribution in [0.25, 0.3) is 0 Å². The first-order valence-electron chi connectivity index (χ1n) is 8.37. The molecule has 0 aliphatic carbocycles. The molecule has 6 nitrogen and oxygen atoms in total. The maximum Gasteiger partial charge on any atom is 0.225 e. The van der Waals surface area contributed by atoms with Crippen LogP contribution in [0.15, 0.2) is 34.9 Å². The molecule has 1 unspecified atom stereocenters. The lowest BCUT2D eigenvalue weighted by Gasteiger charge is -2.34. The number of nitrogens with zero attached hydrogens (tertiary/aromatic N) is 3. The number of benzene rings is 1. The molecule has 1 aromatic heterocycles. The summed E-state index contributed by atoms with van der Waals surface area (Å²) >= 11 is 0. The fourth-order valence-electron chi connectivity index (χ4n) is 3.00. The average molecular weight is 347 g/mol. The zero-order chi connectivity index (χ0) is 17.8. The number of hydrogen-bond acceptors (Lipinski definition) is 5. The monoisotopic (exact) mass is 347 g/mol. The third-order valence-electron chi connectivity index (χ3n) is 4.39. The number of carbonyl (C=O) groups is 1. The molecule has 1 fully saturated rings. The summed E-state index contributed by atoms with van der Waals surface area (Å²) in [6.07, 6.45) is -1.02. The van der Waals surface area contributed by atoms with Crippen LogP contribution in [0.4, 0.5) is 4.39 Å². The van der Waals surface area contributed by atoms with E-state index in [2.05, 4.69) is 10.1 Å². The van der Waals surface area contributed by atoms with Crippen LogP contribution in [0.3, 0.4) is 0 Å². The molecule has 1 atom stereocenters. The first kappa shape index (κ1) is 17.6. The zero-order valence-electron chi connectivity index (χ0n) is 14.2. The number of hydrogen-bond donors (Lipinski definition) is 1. The number of amides is 1. The van der Waals surface area contributed by atoms with Gasteiger partial charge in [-0.05, 0) is 24.6 Å². The number of aryl methyl sites for hydroxylation is 1. The van der Waals surface area contributed by atoms with E-state index in [1.54, 1.807) is 11.0 Å². The van der Waals surface area contributed by atoms with Crippen molar-refractivity contribution in [2.75, 3.05) is 26.2 Å². The molecule has 2 heterocycles. The maximum atomic E-state index is 13.2. The molecule has 0 saturated carbocycles. The maximum absolute atomic E-state index is 13.2. The van der Waals surface area contributed by atoms with Crippen molar-refractivity contribution in [3.05, 3.63) is 53.2 Å². The molecule has 1 aliphatic rings. The van der Waals surface area contributed by atoms with Crippen LogP contribution in [0.2, 0.25) is 0 Å². The van der Waals surface area contributed by atoms with Gasteiger partial charge in [0.05, 0.1) is 18.2 Å². The molecule has 7 heteroatoms. The number of piperazine rings is 1. The molecule has 3 rings (SSSR count). The molecular formula is C18H22FN3O3. The van der Waals surface area contributed by atoms with Gasteiger partial charge in [-0.2, -0.15) is 0 Å². The standard InChI is InChI=1S/C18H22FN3O3/c1-13-9-16(20-25-13)12-21-5-7-22(8-6-21)18(24)11-17(23)14-3-2-4-15(19)10-14/h2-4,9-10,17,23H,5-8,11-12H2,1H3. The number of aliphatic hydroxyl groups excluding tert-OH is 1. The van der Waals surface area contributed by atoms with Gasteiger partial charge in [-0.3, -0.25) is 9.69 Å². The van der Waals surface area contributed by atoms with Gasteiger partial charge in [0.1, 0.15) is 11.6 Å². The SMILES string of the molecule is Cc1cc(CN2CCN(C(=O)CC(O)c3cccc(F)c3)CC2)no1. The van der Waals surface area contributed by atoms with Gasteiger partial charge in [0.25, 0.3) is 0 Å². The predicted molar refractivity (Wildman–Crippen MR) is 89.1 cm³/mol. The molecule has 25 heavy (non-hydrogen) atoms. The normalized spacial score (nSPS) is 16.8. The topological polar surface area (TPSA) is 69.8 Å². The summed E-state index contributed by atoms with van der Waals surface area (Å²) in [5.41, 5.74) is 1.31. The van der Waals surface area contributed by atoms with E-state index in [4.69, 9.17) is 4.52 Å². The van der Waals surface area contributed by atoms with Crippen molar-refractivity contribution in [2.45, 2.75) is 26.0 Å². The van der Waals surface area contributed by atoms with E-state index < -0.39 is 11.9 Å². The van der Waals surface area contributed by atoms with E-state index in [0.717, 1.165) is 24.5 Å². The first-order chi connectivity index (χ1) is 12.0. The summed E-state index contributed by atoms with van der Waals surface area (Å²) in [5, 5.41) is 14.1. The molecular weight excluding hydrogens is 325 g/mol. The Bertz CT molecular complexity index is 726. The Labute approximate surface area is 145 Å². The number of halogens is 1. The Morgan fingerprint density at radius 1 is 1.32 bits per heavy atom. The van der Waals surface area contributed by atoms with Gasteiger partial charge in [0.15, 0.2) is 0 Å². The van der Waals surface area contributed by atoms with Gasteiger partial charge < -0.3 is 14.5 Å². The van der Waals surface area contributed by atoms with Crippen molar-refractivity contribution in [2.24, 2.45) is 0 Å². The summed E-state index contributed by atoms with van der Waals surface area (Å²) in [7, 11) is 0. The molecule has 1 N–H and O–H groups in total. The van der Waals surface area contributed by atoms with Gasteiger partial charge in [0, 0.05) is 38.8 Å². The van der Waals surface area contributed by atoms with Crippen LogP contribution in [0, 0.1) is 12.7 Å². The van der Waals surface area contributed by atoms with Gasteiger partial charge in [-0.1, -0.05) is 17.3 Å². The Hall–Kier alpha value is -2.25. The molecule has 1 amide bonds. The average Bonchev–Trinajstić information content (AvgIpc) is 3.00. The molecule has 1 saturated heterocycles. The van der Waals surface area contributed by atoms with Gasteiger partial charge in [0.2, 0.25) is 5.91 Å². The Balaban J connectivity index is 1.48. The number of rotatable bonds is 5. The molecule has 0 radical (unpaired) electrons. The highest BCUT2D eigenvalue weighted by Gasteiger charge is 2.24. The second-order valence-corrected chi connectivity index (χ2v) is 6.36. The highest BCUT2D eigenvalue weighted by atomic mass is 19.1. The lowest BCUT2D eigenvalue weighted by atomic mass is 10.1. The van der Waals surface area contributed by atoms with E-state index in [1.165, 1.54) is 18.2 Å². The largest absolute Gasteiger partial charge is 0.388 e. The van der Waals surface area contributed by atoms with Crippen LogP contribution in [0.5, 0.6) is 0 Å². The van der Waals surface area contributed by atoms with E-state index in [0.29, 0.717) is 25.2 Å². The van der Waals surface area contributed by atoms with Gasteiger partial charge >= 0.3 is 0 Å². The third kappa shape index (κ3) is 4.64. The molecule has 0 bridgehead atoms. The van der Waals surface area contributed by atoms with Crippen molar-refractivity contribution in [3.8, 4) is 0 Å². The summed E-state index contributed by atoms with van der Waals surface area (Å²) in [6.45, 7) is 5.25. The highest BCUT2D eigenvalue weighted by molar-refractivity contribution is 5.77. The molecule has 1 aromatic carbocycles. The van der Waals surface area contributed by atoms with Crippen LogP contribution in [-0.2, 0) is 11.3 Å². The Morgan fingerprint density at radius 3 is 2.72 bits per heavy atom. The van der Waals surface area contributed by atoms with Gasteiger partial charge in [-0.15, -0.1) is 0 Å². The lowest BCUT2D eigenvalue weighted by molar-refractivity contribution is -0.135. The minimum absolute atomic E-state index is 0.0358. The van der Waals surface area contributed by atoms with E-state index in [-0.39, 0.29) is 12.3 Å². The highest BCUT2D eigenvalue weighted by Crippen LogP contribution is 2.19. The van der Waals surface area contributed by atoms with E-state index in [1.807, 2.05) is 13.0 Å². The Morgan fingerprint density at radius 2 is 2.08 bits per heavy atom. The van der Waals surface area contributed by atoms with Gasteiger partial charge in [-0.25, -0.2) is 4.39 Å². The minimum Gasteiger partial charge on any atom is -0.388 e. The molecule has 2 aromatic rings. The van der Waals surface area contributed by atoms with Crippen LogP contribution >= 0.6 is 0 Å². The van der Waals surface area contributed by atoms with Crippen LogP contribution < -0.4 is 0 Å². The number of carbonyl (C=O) groups excluding carboxylic acids is 1. The van der Waals surface area contributed by atoms with Crippen molar-refractivity contribution >= 4 is 5.91 Å². The zero-order valence-corrected chi connectivity index (χ0v) is 14.2. The summed E-state index contributed by atoms with van der Waals surface area (Å²) in [6, 6.07) is 7.64. The minimum atomic E-state index is -0.987. The van der Waals surface area contributed by atoms with Crippen LogP contribution in [0.1, 0.15) is 29.5 Å². The fraction of sp³-hybridized carbons (Fsp3) is 0.444. The fourth-order valence-corrected chi connectivity index (χ4v) is 3.00. The molecule has 0 spiro atoms. The number of aromatic nitrogens is 1. The predicted octanol–water partition coefficient (Wildman–Crippen LogP) is 1.89. The first-order valence-corrected chi connectivity index (χ1v) is 8.37. The second-order valence-electron chi connectivity index (χ2n) is 6.36. The van der Waals surface area contributed by atoms with Crippen LogP contribution in [-0.4, -0.2) is 52.1 Å². The third-order valence-corrected chi connectivity index (χ3v) is 4.39. The quantitative estimate of drug-likeness (QED) is 0.894. The molecule has 1 aliphatic heterocycles. The number of aliphatic hydroxyl groups is 1. The second kappa shape index (κ2) is 7.76.